The van der Waals surface area contributed by atoms with Gasteiger partial charge in [-0.2, -0.15) is 10.2 Å². The molecule has 10 heteroatoms. The number of hydrogen-bond acceptors (Lipinski definition) is 6. The van der Waals surface area contributed by atoms with Crippen molar-refractivity contribution < 1.29 is 17.9 Å². The number of nitrogens with zero attached hydrogens (tertiary/aromatic N) is 3. The van der Waals surface area contributed by atoms with Crippen molar-refractivity contribution >= 4 is 21.8 Å². The average Bonchev–Trinajstić information content (AvgIpc) is 2.94. The Labute approximate surface area is 127 Å². The van der Waals surface area contributed by atoms with Crippen molar-refractivity contribution in [3.05, 3.63) is 23.1 Å². The molecule has 2 aromatic rings. The molecule has 22 heavy (non-hydrogen) atoms. The normalized spacial score (nSPS) is 11.5. The Balaban J connectivity index is 2.43. The highest BCUT2D eigenvalue weighted by molar-refractivity contribution is 7.92. The maximum atomic E-state index is 12.5. The quantitative estimate of drug-likeness (QED) is 0.782. The van der Waals surface area contributed by atoms with E-state index in [1.54, 1.807) is 20.8 Å². The zero-order chi connectivity index (χ0) is 16.5. The van der Waals surface area contributed by atoms with Gasteiger partial charge in [0.2, 0.25) is 0 Å². The lowest BCUT2D eigenvalue weighted by molar-refractivity contribution is 0.0527. The van der Waals surface area contributed by atoms with Crippen LogP contribution in [0, 0.1) is 13.8 Å². The van der Waals surface area contributed by atoms with Gasteiger partial charge in [0, 0.05) is 7.05 Å². The predicted octanol–water partition coefficient (Wildman–Crippen LogP) is 0.738. The van der Waals surface area contributed by atoms with Gasteiger partial charge in [0.25, 0.3) is 10.0 Å². The first kappa shape index (κ1) is 16.0. The lowest BCUT2D eigenvalue weighted by Crippen LogP contribution is -2.19. The molecule has 2 aromatic heterocycles. The SMILES string of the molecule is CCOC(=O)c1cnn(C)c1NS(=O)(=O)c1c(C)n[nH]c1C. The zero-order valence-electron chi connectivity index (χ0n) is 12.7. The smallest absolute Gasteiger partial charge is 0.343 e. The molecule has 0 aliphatic carbocycles. The topological polar surface area (TPSA) is 119 Å². The summed E-state index contributed by atoms with van der Waals surface area (Å²) in [5.41, 5.74) is 0.793. The molecular weight excluding hydrogens is 310 g/mol. The lowest BCUT2D eigenvalue weighted by atomic mass is 10.3. The van der Waals surface area contributed by atoms with Gasteiger partial charge >= 0.3 is 5.97 Å². The van der Waals surface area contributed by atoms with E-state index >= 15 is 0 Å². The number of sulfonamides is 1. The lowest BCUT2D eigenvalue weighted by Gasteiger charge is -2.10. The van der Waals surface area contributed by atoms with Crippen LogP contribution in [0.4, 0.5) is 5.82 Å². The van der Waals surface area contributed by atoms with Gasteiger partial charge in [-0.1, -0.05) is 0 Å². The molecule has 2 heterocycles. The van der Waals surface area contributed by atoms with Gasteiger partial charge in [-0.25, -0.2) is 13.2 Å². The Morgan fingerprint density at radius 3 is 2.68 bits per heavy atom. The fraction of sp³-hybridized carbons (Fsp3) is 0.417. The number of anilines is 1. The number of carbonyl (C=O) groups excluding carboxylic acids is 1. The van der Waals surface area contributed by atoms with E-state index < -0.39 is 16.0 Å². The highest BCUT2D eigenvalue weighted by Gasteiger charge is 2.26. The molecule has 0 fully saturated rings. The van der Waals surface area contributed by atoms with Crippen molar-refractivity contribution in [1.82, 2.24) is 20.0 Å². The van der Waals surface area contributed by atoms with E-state index in [9.17, 15) is 13.2 Å². The number of aromatic nitrogens is 4. The van der Waals surface area contributed by atoms with Gasteiger partial charge in [0.15, 0.2) is 5.82 Å². The van der Waals surface area contributed by atoms with Gasteiger partial charge in [-0.15, -0.1) is 0 Å². The third-order valence-electron chi connectivity index (χ3n) is 2.99. The van der Waals surface area contributed by atoms with Crippen LogP contribution in [0.1, 0.15) is 28.7 Å². The summed E-state index contributed by atoms with van der Waals surface area (Å²) in [6.45, 7) is 5.02. The summed E-state index contributed by atoms with van der Waals surface area (Å²) in [5.74, 6) is -0.604. The van der Waals surface area contributed by atoms with Crippen molar-refractivity contribution in [3.8, 4) is 0 Å². The number of hydrogen-bond donors (Lipinski definition) is 2. The third-order valence-corrected chi connectivity index (χ3v) is 4.60. The molecule has 0 radical (unpaired) electrons. The van der Waals surface area contributed by atoms with E-state index in [4.69, 9.17) is 4.74 Å². The maximum absolute atomic E-state index is 12.5. The van der Waals surface area contributed by atoms with Crippen LogP contribution < -0.4 is 4.72 Å². The second kappa shape index (κ2) is 5.79. The number of rotatable bonds is 5. The first-order chi connectivity index (χ1) is 10.3. The van der Waals surface area contributed by atoms with Crippen LogP contribution in [-0.2, 0) is 21.8 Å². The second-order valence-corrected chi connectivity index (χ2v) is 6.24. The van der Waals surface area contributed by atoms with E-state index in [-0.39, 0.29) is 22.9 Å². The second-order valence-electron chi connectivity index (χ2n) is 4.62. The highest BCUT2D eigenvalue weighted by atomic mass is 32.2. The van der Waals surface area contributed by atoms with Gasteiger partial charge in [-0.3, -0.25) is 14.5 Å². The summed E-state index contributed by atoms with van der Waals surface area (Å²) in [6.07, 6.45) is 1.25. The Morgan fingerprint density at radius 1 is 1.45 bits per heavy atom. The van der Waals surface area contributed by atoms with Crippen LogP contribution in [-0.4, -0.2) is 41.0 Å². The summed E-state index contributed by atoms with van der Waals surface area (Å²) < 4.78 is 33.6. The van der Waals surface area contributed by atoms with Gasteiger partial charge in [0.1, 0.15) is 10.5 Å². The van der Waals surface area contributed by atoms with Gasteiger partial charge < -0.3 is 4.74 Å². The molecule has 0 spiro atoms. The maximum Gasteiger partial charge on any atom is 0.343 e. The summed E-state index contributed by atoms with van der Waals surface area (Å²) in [7, 11) is -2.38. The van der Waals surface area contributed by atoms with Crippen LogP contribution in [0.5, 0.6) is 0 Å². The van der Waals surface area contributed by atoms with Crippen LogP contribution in [0.15, 0.2) is 11.1 Å². The number of ether oxygens (including phenoxy) is 1. The minimum atomic E-state index is -3.91. The minimum absolute atomic E-state index is 0.0402. The minimum Gasteiger partial charge on any atom is -0.462 e. The van der Waals surface area contributed by atoms with Crippen molar-refractivity contribution in [2.24, 2.45) is 7.05 Å². The summed E-state index contributed by atoms with van der Waals surface area (Å²) in [5, 5.41) is 10.4. The molecule has 0 amide bonds. The van der Waals surface area contributed by atoms with Crippen molar-refractivity contribution in [3.63, 3.8) is 0 Å². The van der Waals surface area contributed by atoms with Crippen LogP contribution in [0.2, 0.25) is 0 Å². The van der Waals surface area contributed by atoms with Gasteiger partial charge in [0.05, 0.1) is 24.2 Å². The number of nitrogens with one attached hydrogen (secondary N) is 2. The number of aryl methyl sites for hydroxylation is 3. The molecule has 0 aromatic carbocycles. The first-order valence-corrected chi connectivity index (χ1v) is 7.99. The predicted molar refractivity (Wildman–Crippen MR) is 78.0 cm³/mol. The molecule has 0 unspecified atom stereocenters. The van der Waals surface area contributed by atoms with Crippen LogP contribution in [0.3, 0.4) is 0 Å². The van der Waals surface area contributed by atoms with E-state index in [2.05, 4.69) is 20.0 Å². The number of H-pyrrole nitrogens is 1. The Bertz CT molecular complexity index is 786. The van der Waals surface area contributed by atoms with E-state index in [0.717, 1.165) is 0 Å². The molecule has 120 valence electrons. The number of aromatic amines is 1. The standard InChI is InChI=1S/C12H17N5O4S/c1-5-21-12(18)9-6-13-17(4)11(9)16-22(19,20)10-7(2)14-15-8(10)3/h6,16H,5H2,1-4H3,(H,14,15). The molecule has 0 aliphatic heterocycles. The van der Waals surface area contributed by atoms with E-state index in [1.165, 1.54) is 17.9 Å². The van der Waals surface area contributed by atoms with Gasteiger partial charge in [-0.05, 0) is 20.8 Å². The fourth-order valence-corrected chi connectivity index (χ4v) is 3.51. The summed E-state index contributed by atoms with van der Waals surface area (Å²) in [6, 6.07) is 0. The average molecular weight is 327 g/mol. The van der Waals surface area contributed by atoms with Crippen molar-refractivity contribution in [1.29, 1.82) is 0 Å². The van der Waals surface area contributed by atoms with Crippen molar-refractivity contribution in [2.45, 2.75) is 25.7 Å². The molecule has 2 rings (SSSR count). The molecule has 0 saturated carbocycles. The van der Waals surface area contributed by atoms with Crippen molar-refractivity contribution in [2.75, 3.05) is 11.3 Å². The van der Waals surface area contributed by atoms with Crippen LogP contribution >= 0.6 is 0 Å². The Hall–Kier alpha value is -2.36. The summed E-state index contributed by atoms with van der Waals surface area (Å²) in [4.78, 5) is 11.9. The largest absolute Gasteiger partial charge is 0.462 e. The highest BCUT2D eigenvalue weighted by Crippen LogP contribution is 2.23. The molecule has 0 aliphatic rings. The molecule has 2 N–H and O–H groups in total. The molecular formula is C12H17N5O4S. The third kappa shape index (κ3) is 2.82. The number of esters is 1. The Kier molecular flexibility index (Phi) is 4.22. The summed E-state index contributed by atoms with van der Waals surface area (Å²) >= 11 is 0. The monoisotopic (exact) mass is 327 g/mol. The number of carbonyl (C=O) groups is 1. The van der Waals surface area contributed by atoms with E-state index in [1.807, 2.05) is 0 Å². The molecule has 0 saturated heterocycles. The Morgan fingerprint density at radius 2 is 2.14 bits per heavy atom. The van der Waals surface area contributed by atoms with Crippen LogP contribution in [0.25, 0.3) is 0 Å². The molecule has 9 nitrogen and oxygen atoms in total. The first-order valence-electron chi connectivity index (χ1n) is 6.51. The zero-order valence-corrected chi connectivity index (χ0v) is 13.5. The van der Waals surface area contributed by atoms with E-state index in [0.29, 0.717) is 11.4 Å². The fourth-order valence-electron chi connectivity index (χ4n) is 2.03. The molecule has 0 bridgehead atoms. The molecule has 0 atom stereocenters.